The van der Waals surface area contributed by atoms with Gasteiger partial charge < -0.3 is 19.7 Å². The number of benzene rings is 1. The van der Waals surface area contributed by atoms with Gasteiger partial charge in [-0.05, 0) is 19.7 Å². The van der Waals surface area contributed by atoms with Crippen LogP contribution in [-0.2, 0) is 6.54 Å². The van der Waals surface area contributed by atoms with E-state index in [1.165, 1.54) is 5.56 Å². The summed E-state index contributed by atoms with van der Waals surface area (Å²) in [4.78, 5) is 2.27. The SMILES string of the molecule is CCNCCN(C)Cc1ccc(OC)cc1OC. The van der Waals surface area contributed by atoms with Gasteiger partial charge in [0.15, 0.2) is 0 Å². The number of rotatable bonds is 8. The van der Waals surface area contributed by atoms with Crippen LogP contribution in [0.1, 0.15) is 12.5 Å². The molecule has 0 unspecified atom stereocenters. The van der Waals surface area contributed by atoms with Gasteiger partial charge in [-0.2, -0.15) is 0 Å². The Kier molecular flexibility index (Phi) is 6.54. The Bertz CT molecular complexity index is 356. The lowest BCUT2D eigenvalue weighted by molar-refractivity contribution is 0.315. The highest BCUT2D eigenvalue weighted by atomic mass is 16.5. The van der Waals surface area contributed by atoms with Crippen LogP contribution >= 0.6 is 0 Å². The maximum atomic E-state index is 5.39. The van der Waals surface area contributed by atoms with Crippen molar-refractivity contribution >= 4 is 0 Å². The first kappa shape index (κ1) is 14.8. The first-order valence-electron chi connectivity index (χ1n) is 6.31. The van der Waals surface area contributed by atoms with E-state index < -0.39 is 0 Å². The van der Waals surface area contributed by atoms with E-state index >= 15 is 0 Å². The highest BCUT2D eigenvalue weighted by Gasteiger charge is 2.07. The first-order chi connectivity index (χ1) is 8.71. The molecule has 1 N–H and O–H groups in total. The molecule has 0 aliphatic rings. The van der Waals surface area contributed by atoms with Crippen molar-refractivity contribution in [2.75, 3.05) is 40.9 Å². The van der Waals surface area contributed by atoms with Crippen LogP contribution in [0, 0.1) is 0 Å². The molecule has 0 radical (unpaired) electrons. The van der Waals surface area contributed by atoms with Crippen molar-refractivity contribution in [3.63, 3.8) is 0 Å². The van der Waals surface area contributed by atoms with Gasteiger partial charge in [-0.1, -0.05) is 13.0 Å². The van der Waals surface area contributed by atoms with Crippen molar-refractivity contribution < 1.29 is 9.47 Å². The second-order valence-electron chi connectivity index (χ2n) is 4.27. The van der Waals surface area contributed by atoms with Crippen LogP contribution in [0.2, 0.25) is 0 Å². The number of hydrogen-bond acceptors (Lipinski definition) is 4. The summed E-state index contributed by atoms with van der Waals surface area (Å²) in [6.45, 7) is 6.03. The number of methoxy groups -OCH3 is 2. The van der Waals surface area contributed by atoms with Crippen LogP contribution in [0.15, 0.2) is 18.2 Å². The second kappa shape index (κ2) is 7.95. The third kappa shape index (κ3) is 4.55. The smallest absolute Gasteiger partial charge is 0.127 e. The van der Waals surface area contributed by atoms with Crippen LogP contribution in [0.3, 0.4) is 0 Å². The molecule has 0 aromatic heterocycles. The summed E-state index contributed by atoms with van der Waals surface area (Å²) in [7, 11) is 5.47. The lowest BCUT2D eigenvalue weighted by Crippen LogP contribution is -2.28. The van der Waals surface area contributed by atoms with E-state index in [9.17, 15) is 0 Å². The first-order valence-corrected chi connectivity index (χ1v) is 6.31. The molecule has 18 heavy (non-hydrogen) atoms. The zero-order valence-electron chi connectivity index (χ0n) is 11.8. The molecular weight excluding hydrogens is 228 g/mol. The maximum absolute atomic E-state index is 5.39. The number of ether oxygens (including phenoxy) is 2. The highest BCUT2D eigenvalue weighted by molar-refractivity contribution is 5.40. The van der Waals surface area contributed by atoms with Gasteiger partial charge in [-0.3, -0.25) is 0 Å². The zero-order valence-corrected chi connectivity index (χ0v) is 11.8. The van der Waals surface area contributed by atoms with Gasteiger partial charge in [-0.25, -0.2) is 0 Å². The van der Waals surface area contributed by atoms with Crippen LogP contribution in [0.4, 0.5) is 0 Å². The fraction of sp³-hybridized carbons (Fsp3) is 0.571. The molecule has 4 heteroatoms. The standard InChI is InChI=1S/C14H24N2O2/c1-5-15-8-9-16(2)11-12-6-7-13(17-3)10-14(12)18-4/h6-7,10,15H,5,8-9,11H2,1-4H3. The van der Waals surface area contributed by atoms with Crippen molar-refractivity contribution in [2.24, 2.45) is 0 Å². The van der Waals surface area contributed by atoms with E-state index in [1.807, 2.05) is 12.1 Å². The van der Waals surface area contributed by atoms with Crippen LogP contribution in [-0.4, -0.2) is 45.8 Å². The molecule has 1 aromatic rings. The quantitative estimate of drug-likeness (QED) is 0.715. The van der Waals surface area contributed by atoms with Crippen molar-refractivity contribution in [2.45, 2.75) is 13.5 Å². The molecular formula is C14H24N2O2. The van der Waals surface area contributed by atoms with Crippen molar-refractivity contribution in [3.8, 4) is 11.5 Å². The molecule has 0 aliphatic carbocycles. The van der Waals surface area contributed by atoms with E-state index in [-0.39, 0.29) is 0 Å². The number of nitrogens with one attached hydrogen (secondary N) is 1. The maximum Gasteiger partial charge on any atom is 0.127 e. The van der Waals surface area contributed by atoms with Gasteiger partial charge in [0.1, 0.15) is 11.5 Å². The fourth-order valence-electron chi connectivity index (χ4n) is 1.80. The monoisotopic (exact) mass is 252 g/mol. The van der Waals surface area contributed by atoms with Crippen molar-refractivity contribution in [3.05, 3.63) is 23.8 Å². The average molecular weight is 252 g/mol. The molecule has 0 amide bonds. The van der Waals surface area contributed by atoms with Gasteiger partial charge in [0, 0.05) is 31.3 Å². The predicted octanol–water partition coefficient (Wildman–Crippen LogP) is 1.75. The van der Waals surface area contributed by atoms with Crippen molar-refractivity contribution in [1.82, 2.24) is 10.2 Å². The summed E-state index contributed by atoms with van der Waals surface area (Å²) < 4.78 is 10.6. The molecule has 0 fully saturated rings. The zero-order chi connectivity index (χ0) is 13.4. The minimum Gasteiger partial charge on any atom is -0.497 e. The van der Waals surface area contributed by atoms with Crippen LogP contribution in [0.5, 0.6) is 11.5 Å². The Balaban J connectivity index is 2.60. The lowest BCUT2D eigenvalue weighted by atomic mass is 10.2. The third-order valence-corrected chi connectivity index (χ3v) is 2.85. The number of likely N-dealkylation sites (N-methyl/N-ethyl adjacent to an activating group) is 2. The fourth-order valence-corrected chi connectivity index (χ4v) is 1.80. The molecule has 102 valence electrons. The molecule has 0 spiro atoms. The second-order valence-corrected chi connectivity index (χ2v) is 4.27. The normalized spacial score (nSPS) is 10.7. The Morgan fingerprint density at radius 3 is 2.61 bits per heavy atom. The molecule has 4 nitrogen and oxygen atoms in total. The predicted molar refractivity (Wildman–Crippen MR) is 74.4 cm³/mol. The molecule has 0 saturated carbocycles. The molecule has 0 bridgehead atoms. The molecule has 1 aromatic carbocycles. The molecule has 0 heterocycles. The Morgan fingerprint density at radius 1 is 1.22 bits per heavy atom. The summed E-state index contributed by atoms with van der Waals surface area (Å²) >= 11 is 0. The van der Waals surface area contributed by atoms with Gasteiger partial charge in [-0.15, -0.1) is 0 Å². The minimum absolute atomic E-state index is 0.825. The van der Waals surface area contributed by atoms with Gasteiger partial charge >= 0.3 is 0 Å². The van der Waals surface area contributed by atoms with E-state index in [1.54, 1.807) is 14.2 Å². The molecule has 0 saturated heterocycles. The van der Waals surface area contributed by atoms with Gasteiger partial charge in [0.2, 0.25) is 0 Å². The summed E-state index contributed by atoms with van der Waals surface area (Å²) in [5.41, 5.74) is 1.18. The molecule has 1 rings (SSSR count). The minimum atomic E-state index is 0.825. The third-order valence-electron chi connectivity index (χ3n) is 2.85. The topological polar surface area (TPSA) is 33.7 Å². The summed E-state index contributed by atoms with van der Waals surface area (Å²) in [6.07, 6.45) is 0. The van der Waals surface area contributed by atoms with E-state index in [0.29, 0.717) is 0 Å². The molecule has 0 atom stereocenters. The number of hydrogen-bond donors (Lipinski definition) is 1. The van der Waals surface area contributed by atoms with Crippen molar-refractivity contribution in [1.29, 1.82) is 0 Å². The van der Waals surface area contributed by atoms with Crippen LogP contribution in [0.25, 0.3) is 0 Å². The largest absolute Gasteiger partial charge is 0.497 e. The molecule has 0 aliphatic heterocycles. The number of nitrogens with zero attached hydrogens (tertiary/aromatic N) is 1. The van der Waals surface area contributed by atoms with E-state index in [4.69, 9.17) is 9.47 Å². The Morgan fingerprint density at radius 2 is 2.00 bits per heavy atom. The lowest BCUT2D eigenvalue weighted by Gasteiger charge is -2.18. The Labute approximate surface area is 110 Å². The summed E-state index contributed by atoms with van der Waals surface area (Å²) in [5, 5.41) is 3.32. The Hall–Kier alpha value is -1.26. The highest BCUT2D eigenvalue weighted by Crippen LogP contribution is 2.25. The van der Waals surface area contributed by atoms with Gasteiger partial charge in [0.25, 0.3) is 0 Å². The summed E-state index contributed by atoms with van der Waals surface area (Å²) in [6, 6.07) is 5.95. The van der Waals surface area contributed by atoms with E-state index in [2.05, 4.69) is 30.3 Å². The summed E-state index contributed by atoms with van der Waals surface area (Å²) in [5.74, 6) is 1.70. The van der Waals surface area contributed by atoms with E-state index in [0.717, 1.165) is 37.7 Å². The van der Waals surface area contributed by atoms with Gasteiger partial charge in [0.05, 0.1) is 14.2 Å². The van der Waals surface area contributed by atoms with Crippen LogP contribution < -0.4 is 14.8 Å². The average Bonchev–Trinajstić information content (AvgIpc) is 2.39.